The zero-order chi connectivity index (χ0) is 24.5. The van der Waals surface area contributed by atoms with Crippen molar-refractivity contribution in [3.63, 3.8) is 0 Å². The van der Waals surface area contributed by atoms with Crippen LogP contribution in [0.3, 0.4) is 0 Å². The van der Waals surface area contributed by atoms with Crippen molar-refractivity contribution in [1.29, 1.82) is 0 Å². The van der Waals surface area contributed by atoms with Crippen LogP contribution >= 0.6 is 0 Å². The van der Waals surface area contributed by atoms with E-state index >= 15 is 0 Å². The number of hydrogen-bond donors (Lipinski definition) is 1. The maximum atomic E-state index is 14.7. The van der Waals surface area contributed by atoms with Crippen molar-refractivity contribution in [1.82, 2.24) is 39.5 Å². The Bertz CT molecular complexity index is 1330. The molecule has 5 heterocycles. The van der Waals surface area contributed by atoms with E-state index in [-0.39, 0.29) is 17.6 Å². The summed E-state index contributed by atoms with van der Waals surface area (Å²) in [6.45, 7) is 9.30. The van der Waals surface area contributed by atoms with Gasteiger partial charge in [0, 0.05) is 63.1 Å². The van der Waals surface area contributed by atoms with Crippen LogP contribution in [-0.2, 0) is 13.6 Å². The molecule has 1 fully saturated rings. The molecule has 1 N–H and O–H groups in total. The standard InChI is InChI=1S/C25H30FN9/c1-16(2)22-19-11-18(13-28-24(19)34(4)32-22)23-20(26)14-29-25(31-23)30-21-6-5-17(12-27-21)15-35-9-7-33(3)8-10-35/h5-6,11-14,16H,7-10,15H2,1-4H3,(H,27,29,30,31). The van der Waals surface area contributed by atoms with Gasteiger partial charge in [0.1, 0.15) is 11.5 Å². The highest BCUT2D eigenvalue weighted by molar-refractivity contribution is 5.83. The lowest BCUT2D eigenvalue weighted by molar-refractivity contribution is 0.148. The maximum absolute atomic E-state index is 14.7. The fraction of sp³-hybridized carbons (Fsp3) is 0.400. The van der Waals surface area contributed by atoms with Crippen LogP contribution in [-0.4, -0.2) is 72.7 Å². The quantitative estimate of drug-likeness (QED) is 0.453. The van der Waals surface area contributed by atoms with Crippen molar-refractivity contribution >= 4 is 22.8 Å². The van der Waals surface area contributed by atoms with E-state index in [4.69, 9.17) is 0 Å². The molecule has 0 aromatic carbocycles. The minimum absolute atomic E-state index is 0.183. The average Bonchev–Trinajstić information content (AvgIpc) is 3.19. The first-order valence-electron chi connectivity index (χ1n) is 11.9. The summed E-state index contributed by atoms with van der Waals surface area (Å²) < 4.78 is 16.5. The molecule has 9 nitrogen and oxygen atoms in total. The summed E-state index contributed by atoms with van der Waals surface area (Å²) in [5.41, 5.74) is 3.59. The van der Waals surface area contributed by atoms with Crippen molar-refractivity contribution in [2.45, 2.75) is 26.3 Å². The van der Waals surface area contributed by atoms with Gasteiger partial charge in [-0.3, -0.25) is 9.58 Å². The van der Waals surface area contributed by atoms with Gasteiger partial charge in [-0.25, -0.2) is 24.3 Å². The van der Waals surface area contributed by atoms with Gasteiger partial charge >= 0.3 is 0 Å². The van der Waals surface area contributed by atoms with E-state index in [1.807, 2.05) is 31.4 Å². The molecule has 0 aliphatic carbocycles. The third-order valence-electron chi connectivity index (χ3n) is 6.34. The van der Waals surface area contributed by atoms with Gasteiger partial charge in [0.15, 0.2) is 11.5 Å². The number of nitrogens with zero attached hydrogens (tertiary/aromatic N) is 8. The van der Waals surface area contributed by atoms with Gasteiger partial charge in [-0.1, -0.05) is 19.9 Å². The Morgan fingerprint density at radius 2 is 1.80 bits per heavy atom. The summed E-state index contributed by atoms with van der Waals surface area (Å²) in [6, 6.07) is 5.84. The van der Waals surface area contributed by atoms with Crippen molar-refractivity contribution in [3.05, 3.63) is 53.9 Å². The number of pyridine rings is 2. The molecule has 182 valence electrons. The molecule has 1 saturated heterocycles. The van der Waals surface area contributed by atoms with Crippen LogP contribution in [0.2, 0.25) is 0 Å². The lowest BCUT2D eigenvalue weighted by atomic mass is 10.1. The lowest BCUT2D eigenvalue weighted by Crippen LogP contribution is -2.43. The third kappa shape index (κ3) is 4.98. The number of aryl methyl sites for hydroxylation is 1. The average molecular weight is 476 g/mol. The Labute approximate surface area is 204 Å². The Hall–Kier alpha value is -3.50. The van der Waals surface area contributed by atoms with Crippen LogP contribution in [0, 0.1) is 5.82 Å². The second kappa shape index (κ2) is 9.63. The summed E-state index contributed by atoms with van der Waals surface area (Å²) in [4.78, 5) is 22.3. The number of hydrogen-bond acceptors (Lipinski definition) is 8. The molecule has 4 aromatic heterocycles. The third-order valence-corrected chi connectivity index (χ3v) is 6.34. The monoisotopic (exact) mass is 475 g/mol. The fourth-order valence-electron chi connectivity index (χ4n) is 4.32. The van der Waals surface area contributed by atoms with Gasteiger partial charge in [0.05, 0.1) is 11.9 Å². The molecule has 0 radical (unpaired) electrons. The molecule has 0 unspecified atom stereocenters. The highest BCUT2D eigenvalue weighted by Gasteiger charge is 2.17. The minimum atomic E-state index is -0.512. The van der Waals surface area contributed by atoms with Gasteiger partial charge in [-0.15, -0.1) is 0 Å². The van der Waals surface area contributed by atoms with Crippen LogP contribution in [0.15, 0.2) is 36.8 Å². The molecule has 1 aliphatic heterocycles. The fourth-order valence-corrected chi connectivity index (χ4v) is 4.32. The number of likely N-dealkylation sites (N-methyl/N-ethyl adjacent to an activating group) is 1. The summed E-state index contributed by atoms with van der Waals surface area (Å²) >= 11 is 0. The van der Waals surface area contributed by atoms with Crippen LogP contribution in [0.5, 0.6) is 0 Å². The Morgan fingerprint density at radius 1 is 1.00 bits per heavy atom. The summed E-state index contributed by atoms with van der Waals surface area (Å²) in [5, 5.41) is 8.55. The van der Waals surface area contributed by atoms with E-state index < -0.39 is 5.82 Å². The molecule has 1 aliphatic rings. The smallest absolute Gasteiger partial charge is 0.229 e. The number of nitrogens with one attached hydrogen (secondary N) is 1. The van der Waals surface area contributed by atoms with Crippen LogP contribution in [0.1, 0.15) is 31.0 Å². The van der Waals surface area contributed by atoms with Crippen molar-refractivity contribution in [2.24, 2.45) is 7.05 Å². The highest BCUT2D eigenvalue weighted by atomic mass is 19.1. The summed E-state index contributed by atoms with van der Waals surface area (Å²) in [6.07, 6.45) is 4.65. The van der Waals surface area contributed by atoms with E-state index in [1.54, 1.807) is 10.9 Å². The molecular weight excluding hydrogens is 445 g/mol. The second-order valence-electron chi connectivity index (χ2n) is 9.40. The van der Waals surface area contributed by atoms with E-state index in [0.717, 1.165) is 55.0 Å². The largest absolute Gasteiger partial charge is 0.309 e. The molecule has 0 bridgehead atoms. The zero-order valence-corrected chi connectivity index (χ0v) is 20.5. The van der Waals surface area contributed by atoms with Crippen LogP contribution < -0.4 is 5.32 Å². The maximum Gasteiger partial charge on any atom is 0.229 e. The molecule has 35 heavy (non-hydrogen) atoms. The van der Waals surface area contributed by atoms with Crippen LogP contribution in [0.4, 0.5) is 16.2 Å². The molecule has 0 atom stereocenters. The van der Waals surface area contributed by atoms with Gasteiger partial charge in [-0.2, -0.15) is 5.10 Å². The number of piperazine rings is 1. The second-order valence-corrected chi connectivity index (χ2v) is 9.40. The topological polar surface area (TPSA) is 87.9 Å². The molecule has 4 aromatic rings. The molecule has 0 spiro atoms. The predicted octanol–water partition coefficient (Wildman–Crippen LogP) is 3.57. The lowest BCUT2D eigenvalue weighted by Gasteiger charge is -2.32. The van der Waals surface area contributed by atoms with Crippen LogP contribution in [0.25, 0.3) is 22.3 Å². The molecular formula is C25H30FN9. The Morgan fingerprint density at radius 3 is 2.51 bits per heavy atom. The normalized spacial score (nSPS) is 15.3. The molecule has 5 rings (SSSR count). The predicted molar refractivity (Wildman–Crippen MR) is 134 cm³/mol. The van der Waals surface area contributed by atoms with Gasteiger partial charge < -0.3 is 10.2 Å². The summed E-state index contributed by atoms with van der Waals surface area (Å²) in [5.74, 6) is 0.583. The van der Waals surface area contributed by atoms with Crippen molar-refractivity contribution in [3.8, 4) is 11.3 Å². The first kappa shape index (κ1) is 23.3. The van der Waals surface area contributed by atoms with Crippen molar-refractivity contribution < 1.29 is 4.39 Å². The zero-order valence-electron chi connectivity index (χ0n) is 20.5. The number of rotatable bonds is 6. The number of fused-ring (bicyclic) bond motifs is 1. The number of halogens is 1. The van der Waals surface area contributed by atoms with Gasteiger partial charge in [0.25, 0.3) is 0 Å². The first-order chi connectivity index (χ1) is 16.9. The molecule has 0 amide bonds. The SMILES string of the molecule is CC(C)c1nn(C)c2ncc(-c3nc(Nc4ccc(CN5CCN(C)CC5)cn4)ncc3F)cc12. The Kier molecular flexibility index (Phi) is 6.40. The van der Waals surface area contributed by atoms with Crippen molar-refractivity contribution in [2.75, 3.05) is 38.5 Å². The van der Waals surface area contributed by atoms with E-state index in [0.29, 0.717) is 11.4 Å². The van der Waals surface area contributed by atoms with E-state index in [9.17, 15) is 4.39 Å². The Balaban J connectivity index is 1.35. The minimum Gasteiger partial charge on any atom is -0.309 e. The van der Waals surface area contributed by atoms with Gasteiger partial charge in [-0.05, 0) is 30.7 Å². The molecule has 0 saturated carbocycles. The summed E-state index contributed by atoms with van der Waals surface area (Å²) in [7, 11) is 4.01. The van der Waals surface area contributed by atoms with E-state index in [2.05, 4.69) is 61.0 Å². The number of aromatic nitrogens is 6. The molecule has 10 heteroatoms. The first-order valence-corrected chi connectivity index (χ1v) is 11.9. The number of anilines is 2. The van der Waals surface area contributed by atoms with E-state index in [1.165, 1.54) is 6.20 Å². The van der Waals surface area contributed by atoms with Gasteiger partial charge in [0.2, 0.25) is 5.95 Å². The highest BCUT2D eigenvalue weighted by Crippen LogP contribution is 2.29.